The highest BCUT2D eigenvalue weighted by molar-refractivity contribution is 7.89. The third kappa shape index (κ3) is 4.48. The van der Waals surface area contributed by atoms with Crippen LogP contribution < -0.4 is 5.32 Å². The molecule has 1 unspecified atom stereocenters. The fraction of sp³-hybridized carbons (Fsp3) is 0.300. The molecule has 1 atom stereocenters. The highest BCUT2D eigenvalue weighted by Gasteiger charge is 2.26. The Balaban J connectivity index is 1.61. The minimum atomic E-state index is -3.57. The second kappa shape index (κ2) is 7.83. The van der Waals surface area contributed by atoms with E-state index < -0.39 is 10.0 Å². The van der Waals surface area contributed by atoms with Crippen LogP contribution >= 0.6 is 11.3 Å². The molecule has 1 saturated heterocycles. The summed E-state index contributed by atoms with van der Waals surface area (Å²) in [6.07, 6.45) is 0.890. The molecule has 1 amide bonds. The van der Waals surface area contributed by atoms with Gasteiger partial charge >= 0.3 is 0 Å². The maximum Gasteiger partial charge on any atom is 0.242 e. The molecule has 0 radical (unpaired) electrons. The first-order valence-corrected chi connectivity index (χ1v) is 11.4. The molecule has 1 N–H and O–H groups in total. The predicted molar refractivity (Wildman–Crippen MR) is 114 cm³/mol. The van der Waals surface area contributed by atoms with Gasteiger partial charge in [-0.2, -0.15) is 0 Å². The maximum atomic E-state index is 12.9. The van der Waals surface area contributed by atoms with E-state index in [-0.39, 0.29) is 16.9 Å². The van der Waals surface area contributed by atoms with Crippen LogP contribution in [0.4, 0.5) is 5.13 Å². The van der Waals surface area contributed by atoms with Crippen LogP contribution in [0.3, 0.4) is 0 Å². The van der Waals surface area contributed by atoms with Crippen LogP contribution in [0.5, 0.6) is 0 Å². The van der Waals surface area contributed by atoms with E-state index in [0.717, 1.165) is 21.3 Å². The number of nitrogens with zero attached hydrogens (tertiary/aromatic N) is 2. The maximum absolute atomic E-state index is 12.9. The molecule has 4 rings (SSSR count). The summed E-state index contributed by atoms with van der Waals surface area (Å²) < 4.78 is 33.3. The standard InChI is InChI=1S/C20H21N3O4S2/c1-13(24)21-20-22-18-7-6-15(11-19(18)28-20)14-4-3-5-17(10-14)29(25,26)23(2)9-8-16-12-27-16/h3-7,10-11,16H,8-9,12H2,1-2H3,(H,21,22,24). The Labute approximate surface area is 173 Å². The number of ether oxygens (including phenoxy) is 1. The van der Waals surface area contributed by atoms with Gasteiger partial charge < -0.3 is 10.1 Å². The highest BCUT2D eigenvalue weighted by Crippen LogP contribution is 2.31. The van der Waals surface area contributed by atoms with E-state index >= 15 is 0 Å². The fourth-order valence-corrected chi connectivity index (χ4v) is 5.19. The number of aromatic nitrogens is 1. The number of carbonyl (C=O) groups excluding carboxylic acids is 1. The minimum Gasteiger partial charge on any atom is -0.373 e. The van der Waals surface area contributed by atoms with Crippen molar-refractivity contribution in [2.75, 3.05) is 25.5 Å². The number of carbonyl (C=O) groups is 1. The van der Waals surface area contributed by atoms with Crippen molar-refractivity contribution in [2.45, 2.75) is 24.3 Å². The smallest absolute Gasteiger partial charge is 0.242 e. The van der Waals surface area contributed by atoms with Gasteiger partial charge in [0.05, 0.1) is 27.8 Å². The largest absolute Gasteiger partial charge is 0.373 e. The van der Waals surface area contributed by atoms with Crippen LogP contribution in [0.2, 0.25) is 0 Å². The number of thiazole rings is 1. The molecule has 3 aromatic rings. The number of epoxide rings is 1. The Morgan fingerprint density at radius 2 is 2.03 bits per heavy atom. The lowest BCUT2D eigenvalue weighted by molar-refractivity contribution is -0.114. The van der Waals surface area contributed by atoms with Gasteiger partial charge in [-0.25, -0.2) is 17.7 Å². The number of hydrogen-bond donors (Lipinski definition) is 1. The molecule has 1 fully saturated rings. The van der Waals surface area contributed by atoms with E-state index in [1.165, 1.54) is 22.6 Å². The lowest BCUT2D eigenvalue weighted by atomic mass is 10.1. The van der Waals surface area contributed by atoms with Gasteiger partial charge in [0.1, 0.15) is 0 Å². The zero-order valence-corrected chi connectivity index (χ0v) is 17.7. The molecular formula is C20H21N3O4S2. The molecule has 2 aromatic carbocycles. The Morgan fingerprint density at radius 3 is 2.76 bits per heavy atom. The number of amides is 1. The third-order valence-electron chi connectivity index (χ3n) is 4.72. The lowest BCUT2D eigenvalue weighted by Crippen LogP contribution is -2.28. The summed E-state index contributed by atoms with van der Waals surface area (Å²) in [5.41, 5.74) is 2.48. The summed E-state index contributed by atoms with van der Waals surface area (Å²) in [4.78, 5) is 15.9. The summed E-state index contributed by atoms with van der Waals surface area (Å²) in [6, 6.07) is 12.7. The Kier molecular flexibility index (Phi) is 5.39. The average Bonchev–Trinajstić information content (AvgIpc) is 3.43. The Hall–Kier alpha value is -2.33. The van der Waals surface area contributed by atoms with E-state index in [1.807, 2.05) is 24.3 Å². The molecule has 7 nitrogen and oxygen atoms in total. The number of rotatable bonds is 7. The molecule has 0 bridgehead atoms. The Bertz CT molecular complexity index is 1170. The van der Waals surface area contributed by atoms with Crippen molar-refractivity contribution in [3.05, 3.63) is 42.5 Å². The van der Waals surface area contributed by atoms with Crippen molar-refractivity contribution in [1.82, 2.24) is 9.29 Å². The van der Waals surface area contributed by atoms with Crippen molar-refractivity contribution in [2.24, 2.45) is 0 Å². The number of hydrogen-bond acceptors (Lipinski definition) is 6. The summed E-state index contributed by atoms with van der Waals surface area (Å²) in [6.45, 7) is 2.58. The summed E-state index contributed by atoms with van der Waals surface area (Å²) >= 11 is 1.38. The van der Waals surface area contributed by atoms with Crippen LogP contribution in [-0.4, -0.2) is 49.9 Å². The molecular weight excluding hydrogens is 410 g/mol. The SMILES string of the molecule is CC(=O)Nc1nc2ccc(-c3cccc(S(=O)(=O)N(C)CCC4CO4)c3)cc2s1. The number of nitrogens with one attached hydrogen (secondary N) is 1. The lowest BCUT2D eigenvalue weighted by Gasteiger charge is -2.17. The van der Waals surface area contributed by atoms with Crippen LogP contribution in [0, 0.1) is 0 Å². The number of anilines is 1. The summed E-state index contributed by atoms with van der Waals surface area (Å²) in [7, 11) is -1.97. The fourth-order valence-electron chi connectivity index (χ4n) is 3.00. The predicted octanol–water partition coefficient (Wildman–Crippen LogP) is 3.33. The van der Waals surface area contributed by atoms with Gasteiger partial charge in [0.2, 0.25) is 15.9 Å². The second-order valence-electron chi connectivity index (χ2n) is 6.98. The van der Waals surface area contributed by atoms with Crippen LogP contribution in [0.25, 0.3) is 21.3 Å². The molecule has 0 spiro atoms. The van der Waals surface area contributed by atoms with Crippen molar-refractivity contribution in [1.29, 1.82) is 0 Å². The van der Waals surface area contributed by atoms with Gasteiger partial charge in [-0.15, -0.1) is 0 Å². The number of benzene rings is 2. The van der Waals surface area contributed by atoms with Gasteiger partial charge in [-0.3, -0.25) is 4.79 Å². The topological polar surface area (TPSA) is 91.9 Å². The first kappa shape index (κ1) is 20.0. The van der Waals surface area contributed by atoms with E-state index in [9.17, 15) is 13.2 Å². The second-order valence-corrected chi connectivity index (χ2v) is 10.1. The first-order chi connectivity index (χ1) is 13.8. The van der Waals surface area contributed by atoms with Crippen LogP contribution in [0.1, 0.15) is 13.3 Å². The van der Waals surface area contributed by atoms with Gasteiger partial charge in [-0.05, 0) is 41.8 Å². The van der Waals surface area contributed by atoms with Crippen LogP contribution in [0.15, 0.2) is 47.4 Å². The third-order valence-corrected chi connectivity index (χ3v) is 7.50. The normalized spacial score (nSPS) is 16.3. The molecule has 0 aliphatic carbocycles. The molecule has 152 valence electrons. The van der Waals surface area contributed by atoms with Gasteiger partial charge in [0.25, 0.3) is 0 Å². The molecule has 9 heteroatoms. The number of fused-ring (bicyclic) bond motifs is 1. The van der Waals surface area contributed by atoms with Crippen molar-refractivity contribution in [3.8, 4) is 11.1 Å². The van der Waals surface area contributed by atoms with Crippen molar-refractivity contribution < 1.29 is 17.9 Å². The average molecular weight is 432 g/mol. The number of sulfonamides is 1. The zero-order valence-electron chi connectivity index (χ0n) is 16.1. The molecule has 1 aliphatic heterocycles. The molecule has 1 aromatic heterocycles. The van der Waals surface area contributed by atoms with E-state index in [2.05, 4.69) is 10.3 Å². The van der Waals surface area contributed by atoms with Gasteiger partial charge in [-0.1, -0.05) is 29.5 Å². The minimum absolute atomic E-state index is 0.167. The quantitative estimate of drug-likeness (QED) is 0.580. The molecule has 0 saturated carbocycles. The van der Waals surface area contributed by atoms with Gasteiger partial charge in [0.15, 0.2) is 5.13 Å². The first-order valence-electron chi connectivity index (χ1n) is 9.19. The van der Waals surface area contributed by atoms with Gasteiger partial charge in [0, 0.05) is 20.5 Å². The van der Waals surface area contributed by atoms with E-state index in [4.69, 9.17) is 4.74 Å². The molecule has 1 aliphatic rings. The molecule has 29 heavy (non-hydrogen) atoms. The zero-order chi connectivity index (χ0) is 20.6. The van der Waals surface area contributed by atoms with E-state index in [0.29, 0.717) is 24.7 Å². The molecule has 2 heterocycles. The van der Waals surface area contributed by atoms with Crippen LogP contribution in [-0.2, 0) is 19.6 Å². The monoisotopic (exact) mass is 431 g/mol. The van der Waals surface area contributed by atoms with E-state index in [1.54, 1.807) is 25.2 Å². The van der Waals surface area contributed by atoms with Crippen molar-refractivity contribution >= 4 is 42.6 Å². The summed E-state index contributed by atoms with van der Waals surface area (Å²) in [5.74, 6) is -0.167. The van der Waals surface area contributed by atoms with Crippen molar-refractivity contribution in [3.63, 3.8) is 0 Å². The summed E-state index contributed by atoms with van der Waals surface area (Å²) in [5, 5.41) is 3.24. The Morgan fingerprint density at radius 1 is 1.28 bits per heavy atom. The highest BCUT2D eigenvalue weighted by atomic mass is 32.2.